The first-order valence-electron chi connectivity index (χ1n) is 8.59. The summed E-state index contributed by atoms with van der Waals surface area (Å²) in [6.07, 6.45) is 1.90. The van der Waals surface area contributed by atoms with Gasteiger partial charge in [-0.1, -0.05) is 68.0 Å². The van der Waals surface area contributed by atoms with Crippen LogP contribution in [0.15, 0.2) is 53.3 Å². The molecule has 0 bridgehead atoms. The second kappa shape index (κ2) is 6.59. The monoisotopic (exact) mass is 395 g/mol. The molecular formula is C21H18ClN3OS. The van der Waals surface area contributed by atoms with E-state index in [9.17, 15) is 4.79 Å². The summed E-state index contributed by atoms with van der Waals surface area (Å²) < 4.78 is 2.20. The van der Waals surface area contributed by atoms with Crippen LogP contribution >= 0.6 is 22.9 Å². The predicted molar refractivity (Wildman–Crippen MR) is 112 cm³/mol. The maximum Gasteiger partial charge on any atom is 0.276 e. The van der Waals surface area contributed by atoms with E-state index in [0.717, 1.165) is 11.1 Å². The van der Waals surface area contributed by atoms with E-state index in [4.69, 9.17) is 11.6 Å². The fraction of sp³-hybridized carbons (Fsp3) is 0.190. The van der Waals surface area contributed by atoms with Crippen molar-refractivity contribution in [2.75, 3.05) is 0 Å². The normalized spacial score (nSPS) is 12.8. The average Bonchev–Trinajstić information content (AvgIpc) is 3.16. The minimum atomic E-state index is -0.107. The number of hydrogen-bond donors (Lipinski definition) is 0. The van der Waals surface area contributed by atoms with E-state index in [0.29, 0.717) is 20.3 Å². The fourth-order valence-electron chi connectivity index (χ4n) is 2.88. The van der Waals surface area contributed by atoms with E-state index >= 15 is 0 Å². The van der Waals surface area contributed by atoms with Crippen molar-refractivity contribution in [3.8, 4) is 11.4 Å². The van der Waals surface area contributed by atoms with E-state index in [1.54, 1.807) is 16.5 Å². The van der Waals surface area contributed by atoms with Crippen molar-refractivity contribution in [2.24, 2.45) is 0 Å². The SMILES string of the molecule is CC(C)(C)c1ccc(/C=c2/sc3nnc(-c4ccc(Cl)cc4)n3c2=O)cc1. The molecule has 0 atom stereocenters. The quantitative estimate of drug-likeness (QED) is 0.508. The van der Waals surface area contributed by atoms with E-state index in [2.05, 4.69) is 43.1 Å². The van der Waals surface area contributed by atoms with Crippen LogP contribution in [0.25, 0.3) is 22.4 Å². The van der Waals surface area contributed by atoms with Crippen molar-refractivity contribution in [1.82, 2.24) is 14.6 Å². The molecule has 4 nitrogen and oxygen atoms in total. The third-order valence-corrected chi connectivity index (χ3v) is 5.64. The number of hydrogen-bond acceptors (Lipinski definition) is 4. The van der Waals surface area contributed by atoms with Crippen LogP contribution in [0.5, 0.6) is 0 Å². The first kappa shape index (κ1) is 17.9. The molecule has 0 amide bonds. The number of rotatable bonds is 2. The number of halogens is 1. The van der Waals surface area contributed by atoms with E-state index in [1.165, 1.54) is 16.9 Å². The highest BCUT2D eigenvalue weighted by molar-refractivity contribution is 7.15. The summed E-state index contributed by atoms with van der Waals surface area (Å²) >= 11 is 7.29. The van der Waals surface area contributed by atoms with Crippen molar-refractivity contribution in [2.45, 2.75) is 26.2 Å². The third kappa shape index (κ3) is 3.40. The van der Waals surface area contributed by atoms with Crippen molar-refractivity contribution in [3.63, 3.8) is 0 Å². The lowest BCUT2D eigenvalue weighted by Crippen LogP contribution is -2.23. The topological polar surface area (TPSA) is 47.3 Å². The van der Waals surface area contributed by atoms with Gasteiger partial charge in [0.05, 0.1) is 4.53 Å². The van der Waals surface area contributed by atoms with Gasteiger partial charge >= 0.3 is 0 Å². The Morgan fingerprint density at radius 1 is 1.00 bits per heavy atom. The van der Waals surface area contributed by atoms with Gasteiger partial charge in [0.1, 0.15) is 0 Å². The molecule has 136 valence electrons. The second-order valence-electron chi connectivity index (χ2n) is 7.44. The maximum atomic E-state index is 12.9. The highest BCUT2D eigenvalue weighted by atomic mass is 35.5. The lowest BCUT2D eigenvalue weighted by atomic mass is 9.87. The summed E-state index contributed by atoms with van der Waals surface area (Å²) in [6.45, 7) is 6.54. The van der Waals surface area contributed by atoms with Gasteiger partial charge in [-0.2, -0.15) is 0 Å². The summed E-state index contributed by atoms with van der Waals surface area (Å²) in [4.78, 5) is 13.5. The van der Waals surface area contributed by atoms with Gasteiger partial charge in [-0.3, -0.25) is 4.79 Å². The van der Waals surface area contributed by atoms with Gasteiger partial charge in [-0.25, -0.2) is 4.40 Å². The molecule has 0 aliphatic rings. The Bertz CT molecular complexity index is 1220. The molecule has 27 heavy (non-hydrogen) atoms. The molecule has 0 spiro atoms. The molecule has 4 rings (SSSR count). The van der Waals surface area contributed by atoms with Crippen molar-refractivity contribution in [1.29, 1.82) is 0 Å². The number of nitrogens with zero attached hydrogens (tertiary/aromatic N) is 3. The van der Waals surface area contributed by atoms with Crippen LogP contribution in [-0.4, -0.2) is 14.6 Å². The molecule has 6 heteroatoms. The van der Waals surface area contributed by atoms with E-state index in [-0.39, 0.29) is 11.0 Å². The van der Waals surface area contributed by atoms with E-state index in [1.807, 2.05) is 30.3 Å². The van der Waals surface area contributed by atoms with Gasteiger partial charge in [0.2, 0.25) is 4.96 Å². The lowest BCUT2D eigenvalue weighted by Gasteiger charge is -2.18. The molecule has 0 fully saturated rings. The zero-order valence-electron chi connectivity index (χ0n) is 15.2. The molecule has 4 aromatic rings. The highest BCUT2D eigenvalue weighted by Gasteiger charge is 2.15. The third-order valence-electron chi connectivity index (χ3n) is 4.43. The average molecular weight is 396 g/mol. The maximum absolute atomic E-state index is 12.9. The van der Waals surface area contributed by atoms with Gasteiger partial charge in [0.15, 0.2) is 5.82 Å². The van der Waals surface area contributed by atoms with Crippen LogP contribution < -0.4 is 10.1 Å². The number of thiazole rings is 1. The van der Waals surface area contributed by atoms with Gasteiger partial charge < -0.3 is 0 Å². The Labute approximate surface area is 165 Å². The Morgan fingerprint density at radius 2 is 1.67 bits per heavy atom. The zero-order valence-corrected chi connectivity index (χ0v) is 16.8. The summed E-state index contributed by atoms with van der Waals surface area (Å²) in [5, 5.41) is 8.97. The molecule has 0 radical (unpaired) electrons. The van der Waals surface area contributed by atoms with Crippen molar-refractivity contribution >= 4 is 34.0 Å². The molecule has 2 aromatic heterocycles. The van der Waals surface area contributed by atoms with E-state index < -0.39 is 0 Å². The highest BCUT2D eigenvalue weighted by Crippen LogP contribution is 2.23. The Morgan fingerprint density at radius 3 is 2.30 bits per heavy atom. The molecule has 0 saturated carbocycles. The number of fused-ring (bicyclic) bond motifs is 1. The summed E-state index contributed by atoms with van der Waals surface area (Å²) in [5.74, 6) is 0.533. The van der Waals surface area contributed by atoms with Crippen LogP contribution in [-0.2, 0) is 5.41 Å². The van der Waals surface area contributed by atoms with Crippen LogP contribution in [0.3, 0.4) is 0 Å². The fourth-order valence-corrected chi connectivity index (χ4v) is 3.92. The smallest absolute Gasteiger partial charge is 0.267 e. The standard InChI is InChI=1S/C21H18ClN3OS/c1-21(2,3)15-8-4-13(5-9-15)12-17-19(26)25-18(23-24-20(25)27-17)14-6-10-16(22)11-7-14/h4-12H,1-3H3/b17-12+. The number of benzene rings is 2. The van der Waals surface area contributed by atoms with Crippen LogP contribution in [0, 0.1) is 0 Å². The van der Waals surface area contributed by atoms with Gasteiger partial charge in [0, 0.05) is 10.6 Å². The van der Waals surface area contributed by atoms with Crippen molar-refractivity contribution in [3.05, 3.63) is 79.6 Å². The van der Waals surface area contributed by atoms with Crippen LogP contribution in [0.1, 0.15) is 31.9 Å². The lowest BCUT2D eigenvalue weighted by molar-refractivity contribution is 0.590. The molecule has 0 unspecified atom stereocenters. The van der Waals surface area contributed by atoms with Crippen molar-refractivity contribution < 1.29 is 0 Å². The number of aromatic nitrogens is 3. The minimum Gasteiger partial charge on any atom is -0.267 e. The Hall–Kier alpha value is -2.50. The molecule has 0 saturated heterocycles. The first-order valence-corrected chi connectivity index (χ1v) is 9.78. The molecule has 2 heterocycles. The predicted octanol–water partition coefficient (Wildman–Crippen LogP) is 4.32. The van der Waals surface area contributed by atoms with Gasteiger partial charge in [-0.05, 0) is 46.9 Å². The first-order chi connectivity index (χ1) is 12.8. The van der Waals surface area contributed by atoms with Crippen LogP contribution in [0.4, 0.5) is 0 Å². The van der Waals surface area contributed by atoms with Crippen LogP contribution in [0.2, 0.25) is 5.02 Å². The largest absolute Gasteiger partial charge is 0.276 e. The van der Waals surface area contributed by atoms with Gasteiger partial charge in [-0.15, -0.1) is 10.2 Å². The molecule has 0 aliphatic heterocycles. The summed E-state index contributed by atoms with van der Waals surface area (Å²) in [5.41, 5.74) is 3.06. The Balaban J connectivity index is 1.80. The summed E-state index contributed by atoms with van der Waals surface area (Å²) in [6, 6.07) is 15.5. The minimum absolute atomic E-state index is 0.102. The summed E-state index contributed by atoms with van der Waals surface area (Å²) in [7, 11) is 0. The molecular weight excluding hydrogens is 378 g/mol. The van der Waals surface area contributed by atoms with Gasteiger partial charge in [0.25, 0.3) is 5.56 Å². The Kier molecular flexibility index (Phi) is 4.36. The molecule has 2 aromatic carbocycles. The molecule has 0 N–H and O–H groups in total. The second-order valence-corrected chi connectivity index (χ2v) is 8.88. The molecule has 0 aliphatic carbocycles. The zero-order chi connectivity index (χ0) is 19.2.